The second-order valence-electron chi connectivity index (χ2n) is 6.30. The molecule has 0 spiro atoms. The summed E-state index contributed by atoms with van der Waals surface area (Å²) < 4.78 is 1.08. The van der Waals surface area contributed by atoms with Crippen molar-refractivity contribution in [1.29, 1.82) is 10.5 Å². The van der Waals surface area contributed by atoms with Crippen molar-refractivity contribution in [1.82, 2.24) is 9.47 Å². The molecule has 0 aromatic carbocycles. The number of aromatic nitrogens is 1. The number of imide groups is 1. The molecule has 0 unspecified atom stereocenters. The Balaban J connectivity index is 0.00000450. The predicted octanol–water partition coefficient (Wildman–Crippen LogP) is 1.54. The summed E-state index contributed by atoms with van der Waals surface area (Å²) in [5, 5.41) is 28.9. The number of hydrogen-bond acceptors (Lipinski definition) is 6. The van der Waals surface area contributed by atoms with Crippen LogP contribution in [0.25, 0.3) is 6.08 Å². The average Bonchev–Trinajstić information content (AvgIpc) is 2.68. The fourth-order valence-electron chi connectivity index (χ4n) is 3.15. The Morgan fingerprint density at radius 1 is 1.03 bits per heavy atom. The van der Waals surface area contributed by atoms with Gasteiger partial charge in [-0.1, -0.05) is 6.08 Å². The van der Waals surface area contributed by atoms with Crippen LogP contribution in [0.4, 0.5) is 0 Å². The van der Waals surface area contributed by atoms with Crippen LogP contribution < -0.4 is 5.56 Å². The smallest absolute Gasteiger partial charge is 0.271 e. The van der Waals surface area contributed by atoms with E-state index in [1.165, 1.54) is 25.2 Å². The first-order chi connectivity index (χ1) is 13.7. The Bertz CT molecular complexity index is 1140. The van der Waals surface area contributed by atoms with E-state index in [4.69, 9.17) is 0 Å². The molecule has 0 atom stereocenters. The van der Waals surface area contributed by atoms with Gasteiger partial charge in [0.2, 0.25) is 5.88 Å². The molecule has 149 valence electrons. The van der Waals surface area contributed by atoms with Gasteiger partial charge in [-0.2, -0.15) is 10.5 Å². The molecule has 1 N–H and O–H groups in total. The fourth-order valence-corrected chi connectivity index (χ4v) is 3.15. The number of nitrogens with zero attached hydrogens (tertiary/aromatic N) is 4. The predicted molar refractivity (Wildman–Crippen MR) is 111 cm³/mol. The van der Waals surface area contributed by atoms with Crippen molar-refractivity contribution in [3.8, 4) is 18.0 Å². The van der Waals surface area contributed by atoms with E-state index in [1.54, 1.807) is 20.8 Å². The molecule has 2 rings (SSSR count). The molecule has 30 heavy (non-hydrogen) atoms. The number of rotatable bonds is 4. The average molecular weight is 415 g/mol. The van der Waals surface area contributed by atoms with Gasteiger partial charge in [-0.3, -0.25) is 23.9 Å². The minimum Gasteiger partial charge on any atom is -0.494 e. The van der Waals surface area contributed by atoms with Gasteiger partial charge in [-0.15, -0.1) is 0 Å². The van der Waals surface area contributed by atoms with Gasteiger partial charge in [0.1, 0.15) is 23.3 Å². The minimum absolute atomic E-state index is 0. The number of aromatic hydroxyl groups is 1. The van der Waals surface area contributed by atoms with Gasteiger partial charge in [0.15, 0.2) is 0 Å². The molecule has 0 saturated heterocycles. The summed E-state index contributed by atoms with van der Waals surface area (Å²) in [4.78, 5) is 38.0. The number of hydrogen-bond donors (Lipinski definition) is 1. The first kappa shape index (κ1) is 25.1. The van der Waals surface area contributed by atoms with Gasteiger partial charge in [-0.05, 0) is 51.0 Å². The zero-order chi connectivity index (χ0) is 21.9. The van der Waals surface area contributed by atoms with E-state index in [9.17, 15) is 30.0 Å². The van der Waals surface area contributed by atoms with Crippen molar-refractivity contribution in [2.75, 3.05) is 6.54 Å². The summed E-state index contributed by atoms with van der Waals surface area (Å²) in [5.74, 6) is -1.43. The van der Waals surface area contributed by atoms with Crippen molar-refractivity contribution in [2.24, 2.45) is 0 Å². The maximum absolute atomic E-state index is 12.6. The quantitative estimate of drug-likeness (QED) is 0.451. The monoisotopic (exact) mass is 415 g/mol. The van der Waals surface area contributed by atoms with Crippen molar-refractivity contribution >= 4 is 47.4 Å². The molecular formula is C21H20N4NaO4. The van der Waals surface area contributed by atoms with Crippen LogP contribution in [0.1, 0.15) is 37.5 Å². The number of allylic oxidation sites excluding steroid dienone is 2. The molecule has 1 aromatic rings. The van der Waals surface area contributed by atoms with Crippen molar-refractivity contribution in [3.05, 3.63) is 55.9 Å². The number of likely N-dealkylation sites (N-methyl/N-ethyl adjacent to an activating group) is 1. The van der Waals surface area contributed by atoms with Crippen molar-refractivity contribution < 1.29 is 14.7 Å². The van der Waals surface area contributed by atoms with Crippen LogP contribution in [0, 0.1) is 29.6 Å². The molecule has 0 saturated carbocycles. The Labute approximate surface area is 196 Å². The number of pyridine rings is 1. The van der Waals surface area contributed by atoms with E-state index >= 15 is 0 Å². The number of carbonyl (C=O) groups is 2. The van der Waals surface area contributed by atoms with Crippen LogP contribution in [-0.4, -0.2) is 62.5 Å². The standard InChI is InChI=1S/C21H20N4O4.Na/c1-5-24-18(26)14(12(3)16(10-22)20(24)28)8-7-9-15-13(4)17(11-23)21(29)25(6-2)19(15)27;/h7-9,26H,5-6H2,1-4H3;. The summed E-state index contributed by atoms with van der Waals surface area (Å²) in [5.41, 5.74) is 0.299. The van der Waals surface area contributed by atoms with Crippen LogP contribution in [-0.2, 0) is 16.1 Å². The zero-order valence-electron chi connectivity index (χ0n) is 17.6. The van der Waals surface area contributed by atoms with Gasteiger partial charge in [-0.25, -0.2) is 0 Å². The molecule has 8 nitrogen and oxygen atoms in total. The molecule has 2 heterocycles. The Hall–Kier alpha value is -2.91. The summed E-state index contributed by atoms with van der Waals surface area (Å²) in [6.07, 6.45) is 4.39. The minimum atomic E-state index is -0.624. The second-order valence-corrected chi connectivity index (χ2v) is 6.30. The summed E-state index contributed by atoms with van der Waals surface area (Å²) >= 11 is 0. The van der Waals surface area contributed by atoms with Crippen LogP contribution in [0.5, 0.6) is 5.88 Å². The third-order valence-corrected chi connectivity index (χ3v) is 4.83. The van der Waals surface area contributed by atoms with Gasteiger partial charge >= 0.3 is 0 Å². The number of carbonyl (C=O) groups excluding carboxylic acids is 2. The van der Waals surface area contributed by atoms with Crippen molar-refractivity contribution in [2.45, 2.75) is 34.2 Å². The SMILES string of the molecule is CCN1C(=O)C(=CC=Cc2c(C)c(C#N)c(=O)n(CC)c2O)C(C)=C(C#N)C1=O.[Na]. The second kappa shape index (κ2) is 10.2. The molecule has 1 aliphatic heterocycles. The van der Waals surface area contributed by atoms with Gasteiger partial charge < -0.3 is 5.11 Å². The fraction of sp³-hybridized carbons (Fsp3) is 0.286. The number of nitriles is 2. The van der Waals surface area contributed by atoms with Crippen LogP contribution in [0.15, 0.2) is 33.7 Å². The normalized spacial score (nSPS) is 15.4. The summed E-state index contributed by atoms with van der Waals surface area (Å²) in [7, 11) is 0. The van der Waals surface area contributed by atoms with Crippen LogP contribution >= 0.6 is 0 Å². The van der Waals surface area contributed by atoms with Crippen LogP contribution in [0.2, 0.25) is 0 Å². The first-order valence-electron chi connectivity index (χ1n) is 8.97. The van der Waals surface area contributed by atoms with Gasteiger partial charge in [0, 0.05) is 53.8 Å². The van der Waals surface area contributed by atoms with E-state index in [2.05, 4.69) is 0 Å². The van der Waals surface area contributed by atoms with E-state index in [-0.39, 0.29) is 76.4 Å². The third-order valence-electron chi connectivity index (χ3n) is 4.83. The maximum atomic E-state index is 12.6. The Morgan fingerprint density at radius 3 is 2.17 bits per heavy atom. The van der Waals surface area contributed by atoms with E-state index in [1.807, 2.05) is 12.1 Å². The molecule has 0 aliphatic carbocycles. The zero-order valence-corrected chi connectivity index (χ0v) is 19.6. The van der Waals surface area contributed by atoms with E-state index < -0.39 is 17.4 Å². The molecule has 2 amide bonds. The van der Waals surface area contributed by atoms with Crippen molar-refractivity contribution in [3.63, 3.8) is 0 Å². The molecule has 1 aliphatic rings. The molecule has 1 aromatic heterocycles. The van der Waals surface area contributed by atoms with Crippen LogP contribution in [0.3, 0.4) is 0 Å². The topological polar surface area (TPSA) is 127 Å². The third kappa shape index (κ3) is 4.17. The molecule has 1 radical (unpaired) electrons. The molecule has 9 heteroatoms. The largest absolute Gasteiger partial charge is 0.494 e. The van der Waals surface area contributed by atoms with E-state index in [0.717, 1.165) is 9.47 Å². The molecule has 0 fully saturated rings. The molecular weight excluding hydrogens is 395 g/mol. The number of amides is 2. The van der Waals surface area contributed by atoms with E-state index in [0.29, 0.717) is 5.56 Å². The maximum Gasteiger partial charge on any atom is 0.271 e. The first-order valence-corrected chi connectivity index (χ1v) is 8.97. The Morgan fingerprint density at radius 2 is 1.67 bits per heavy atom. The molecule has 0 bridgehead atoms. The summed E-state index contributed by atoms with van der Waals surface area (Å²) in [6.45, 7) is 6.69. The van der Waals surface area contributed by atoms with Gasteiger partial charge in [0.25, 0.3) is 17.4 Å². The van der Waals surface area contributed by atoms with Gasteiger partial charge in [0.05, 0.1) is 0 Å². The Kier molecular flexibility index (Phi) is 8.56. The summed E-state index contributed by atoms with van der Waals surface area (Å²) in [6, 6.07) is 3.69.